The van der Waals surface area contributed by atoms with E-state index in [1.54, 1.807) is 24.3 Å². The van der Waals surface area contributed by atoms with E-state index in [2.05, 4.69) is 5.32 Å². The van der Waals surface area contributed by atoms with Crippen molar-refractivity contribution >= 4 is 5.91 Å². The van der Waals surface area contributed by atoms with Crippen LogP contribution in [0.4, 0.5) is 0 Å². The van der Waals surface area contributed by atoms with Crippen LogP contribution < -0.4 is 5.32 Å². The molecule has 0 radical (unpaired) electrons. The van der Waals surface area contributed by atoms with Gasteiger partial charge in [0.05, 0.1) is 19.8 Å². The van der Waals surface area contributed by atoms with Crippen molar-refractivity contribution in [2.45, 2.75) is 68.0 Å². The van der Waals surface area contributed by atoms with Gasteiger partial charge in [0.2, 0.25) is 5.91 Å². The number of amides is 1. The molecule has 2 heterocycles. The number of carbonyl (C=O) groups is 1. The van der Waals surface area contributed by atoms with Gasteiger partial charge in [-0.2, -0.15) is 0 Å². The van der Waals surface area contributed by atoms with E-state index >= 15 is 0 Å². The largest absolute Gasteiger partial charge is 0.394 e. The lowest BCUT2D eigenvalue weighted by Crippen LogP contribution is -2.65. The van der Waals surface area contributed by atoms with Crippen LogP contribution in [0.1, 0.15) is 5.56 Å². The molecule has 13 heteroatoms. The molecule has 13 nitrogen and oxygen atoms in total. The number of ether oxygens (including phenoxy) is 4. The quantitative estimate of drug-likeness (QED) is 0.167. The van der Waals surface area contributed by atoms with Crippen molar-refractivity contribution in [3.63, 3.8) is 0 Å². The first-order valence-corrected chi connectivity index (χ1v) is 10.8. The first kappa shape index (κ1) is 26.8. The van der Waals surface area contributed by atoms with Crippen molar-refractivity contribution in [3.8, 4) is 0 Å². The van der Waals surface area contributed by atoms with E-state index in [0.29, 0.717) is 0 Å². The zero-order chi connectivity index (χ0) is 24.8. The highest BCUT2D eigenvalue weighted by molar-refractivity contribution is 5.77. The summed E-state index contributed by atoms with van der Waals surface area (Å²) in [4.78, 5) is 11.7. The minimum Gasteiger partial charge on any atom is -0.394 e. The highest BCUT2D eigenvalue weighted by atomic mass is 16.7. The van der Waals surface area contributed by atoms with Crippen LogP contribution in [-0.2, 0) is 30.3 Å². The van der Waals surface area contributed by atoms with Crippen molar-refractivity contribution in [2.75, 3.05) is 19.8 Å². The van der Waals surface area contributed by atoms with Crippen molar-refractivity contribution in [2.24, 2.45) is 0 Å². The molecular formula is C21H31NO12. The number of aliphatic hydroxyl groups excluding tert-OH is 7. The highest BCUT2D eigenvalue weighted by Gasteiger charge is 2.48. The van der Waals surface area contributed by atoms with Gasteiger partial charge in [-0.1, -0.05) is 30.3 Å². The lowest BCUT2D eigenvalue weighted by molar-refractivity contribution is -0.322. The molecule has 10 atom stereocenters. The highest BCUT2D eigenvalue weighted by Crippen LogP contribution is 2.26. The summed E-state index contributed by atoms with van der Waals surface area (Å²) in [7, 11) is 0. The Bertz CT molecular complexity index is 767. The van der Waals surface area contributed by atoms with E-state index in [1.165, 1.54) is 0 Å². The monoisotopic (exact) mass is 489 g/mol. The van der Waals surface area contributed by atoms with Crippen LogP contribution in [0.5, 0.6) is 0 Å². The van der Waals surface area contributed by atoms with Crippen molar-refractivity contribution < 1.29 is 59.5 Å². The Morgan fingerprint density at radius 1 is 0.824 bits per heavy atom. The molecule has 34 heavy (non-hydrogen) atoms. The van der Waals surface area contributed by atoms with Crippen LogP contribution in [0, 0.1) is 0 Å². The molecule has 0 spiro atoms. The molecule has 192 valence electrons. The average molecular weight is 489 g/mol. The number of aliphatic hydroxyl groups is 7. The van der Waals surface area contributed by atoms with Gasteiger partial charge in [0, 0.05) is 0 Å². The molecule has 1 aromatic rings. The summed E-state index contributed by atoms with van der Waals surface area (Å²) in [5.41, 5.74) is 0.771. The second-order valence-corrected chi connectivity index (χ2v) is 8.10. The van der Waals surface area contributed by atoms with Crippen molar-refractivity contribution in [1.29, 1.82) is 0 Å². The fraction of sp³-hybridized carbons (Fsp3) is 0.667. The SMILES string of the molecule is O=C(CO)N[C@H]1[C@@H](OCc2ccccc2)O[C@H](CO[C@@H]2O[C@H](CO)[C@H](O)[C@H](O)[C@H]2O)[C@@H](O)[C@@H]1O. The maximum Gasteiger partial charge on any atom is 0.246 e. The fourth-order valence-corrected chi connectivity index (χ4v) is 3.74. The number of hydrogen-bond acceptors (Lipinski definition) is 12. The van der Waals surface area contributed by atoms with Gasteiger partial charge < -0.3 is 60.0 Å². The lowest BCUT2D eigenvalue weighted by atomic mass is 9.96. The third kappa shape index (κ3) is 6.27. The molecular weight excluding hydrogens is 458 g/mol. The van der Waals surface area contributed by atoms with Gasteiger partial charge in [-0.15, -0.1) is 0 Å². The van der Waals surface area contributed by atoms with Gasteiger partial charge >= 0.3 is 0 Å². The minimum atomic E-state index is -1.66. The van der Waals surface area contributed by atoms with Gasteiger partial charge in [0.1, 0.15) is 55.4 Å². The van der Waals surface area contributed by atoms with E-state index in [1.807, 2.05) is 6.07 Å². The van der Waals surface area contributed by atoms with Crippen LogP contribution in [0.25, 0.3) is 0 Å². The summed E-state index contributed by atoms with van der Waals surface area (Å²) in [5, 5.41) is 71.7. The first-order chi connectivity index (χ1) is 16.3. The normalized spacial score (nSPS) is 38.4. The first-order valence-electron chi connectivity index (χ1n) is 10.8. The number of benzene rings is 1. The summed E-state index contributed by atoms with van der Waals surface area (Å²) in [6.07, 6.45) is -13.2. The summed E-state index contributed by atoms with van der Waals surface area (Å²) in [5.74, 6) is -0.816. The molecule has 2 aliphatic rings. The van der Waals surface area contributed by atoms with Crippen molar-refractivity contribution in [3.05, 3.63) is 35.9 Å². The van der Waals surface area contributed by atoms with Gasteiger partial charge in [0.15, 0.2) is 12.6 Å². The molecule has 8 N–H and O–H groups in total. The maximum atomic E-state index is 11.7. The average Bonchev–Trinajstić information content (AvgIpc) is 2.85. The molecule has 1 amide bonds. The molecule has 2 aliphatic heterocycles. The fourth-order valence-electron chi connectivity index (χ4n) is 3.74. The smallest absolute Gasteiger partial charge is 0.246 e. The zero-order valence-corrected chi connectivity index (χ0v) is 18.2. The summed E-state index contributed by atoms with van der Waals surface area (Å²) < 4.78 is 22.1. The zero-order valence-electron chi connectivity index (χ0n) is 18.2. The third-order valence-electron chi connectivity index (χ3n) is 5.70. The molecule has 2 saturated heterocycles. The summed E-state index contributed by atoms with van der Waals surface area (Å²) >= 11 is 0. The Balaban J connectivity index is 1.68. The van der Waals surface area contributed by atoms with Gasteiger partial charge in [0.25, 0.3) is 0 Å². The maximum absolute atomic E-state index is 11.7. The second kappa shape index (κ2) is 12.3. The third-order valence-corrected chi connectivity index (χ3v) is 5.70. The molecule has 3 rings (SSSR count). The van der Waals surface area contributed by atoms with Crippen LogP contribution >= 0.6 is 0 Å². The Morgan fingerprint density at radius 2 is 1.47 bits per heavy atom. The van der Waals surface area contributed by atoms with Crippen LogP contribution in [0.3, 0.4) is 0 Å². The second-order valence-electron chi connectivity index (χ2n) is 8.10. The Hall–Kier alpha value is -1.75. The van der Waals surface area contributed by atoms with Gasteiger partial charge in [-0.3, -0.25) is 4.79 Å². The summed E-state index contributed by atoms with van der Waals surface area (Å²) in [6.45, 7) is -1.91. The molecule has 0 saturated carbocycles. The number of nitrogens with one attached hydrogen (secondary N) is 1. The van der Waals surface area contributed by atoms with E-state index in [0.717, 1.165) is 5.56 Å². The Morgan fingerprint density at radius 3 is 2.12 bits per heavy atom. The Labute approximate surface area is 195 Å². The van der Waals surface area contributed by atoms with E-state index in [4.69, 9.17) is 24.1 Å². The predicted octanol–water partition coefficient (Wildman–Crippen LogP) is -4.06. The lowest BCUT2D eigenvalue weighted by Gasteiger charge is -2.44. The Kier molecular flexibility index (Phi) is 9.70. The number of rotatable bonds is 9. The van der Waals surface area contributed by atoms with Gasteiger partial charge in [-0.05, 0) is 5.56 Å². The van der Waals surface area contributed by atoms with Crippen molar-refractivity contribution in [1.82, 2.24) is 5.32 Å². The van der Waals surface area contributed by atoms with E-state index < -0.39 is 87.1 Å². The molecule has 0 bridgehead atoms. The predicted molar refractivity (Wildman–Crippen MR) is 111 cm³/mol. The van der Waals surface area contributed by atoms with E-state index in [9.17, 15) is 35.4 Å². The standard InChI is InChI=1S/C21H31NO12/c23-6-11-15(26)18(29)19(30)21(33-11)32-9-12-16(27)17(28)14(22-13(25)7-24)20(34-12)31-8-10-4-2-1-3-5-10/h1-5,11-12,14-21,23-24,26-30H,6-9H2,(H,22,25)/t11-,12-,14-,15+,16-,17-,18+,19-,20+,21-/m1/s1. The van der Waals surface area contributed by atoms with Crippen LogP contribution in [-0.4, -0.2) is 123 Å². The molecule has 0 aromatic heterocycles. The molecule has 0 aliphatic carbocycles. The topological polar surface area (TPSA) is 208 Å². The van der Waals surface area contributed by atoms with Crippen LogP contribution in [0.15, 0.2) is 30.3 Å². The van der Waals surface area contributed by atoms with Gasteiger partial charge in [-0.25, -0.2) is 0 Å². The van der Waals surface area contributed by atoms with Crippen LogP contribution in [0.2, 0.25) is 0 Å². The number of hydrogen-bond donors (Lipinski definition) is 8. The molecule has 2 fully saturated rings. The van der Waals surface area contributed by atoms with E-state index in [-0.39, 0.29) is 6.61 Å². The minimum absolute atomic E-state index is 0.0418. The summed E-state index contributed by atoms with van der Waals surface area (Å²) in [6, 6.07) is 7.76. The molecule has 0 unspecified atom stereocenters. The number of carbonyl (C=O) groups excluding carboxylic acids is 1. The molecule has 1 aromatic carbocycles.